The molecule has 0 radical (unpaired) electrons. The molecule has 0 spiro atoms. The van der Waals surface area contributed by atoms with Crippen LogP contribution in [0.5, 0.6) is 5.75 Å². The molecule has 2 N–H and O–H groups in total. The Morgan fingerprint density at radius 1 is 0.809 bits per heavy atom. The van der Waals surface area contributed by atoms with Gasteiger partial charge in [0.2, 0.25) is 18.0 Å². The Morgan fingerprint density at radius 3 is 1.96 bits per heavy atom. The largest absolute Gasteiger partial charge is 0.464 e. The van der Waals surface area contributed by atoms with E-state index in [-0.39, 0.29) is 35.7 Å². The maximum absolute atomic E-state index is 16.9. The molecule has 4 aromatic rings. The smallest absolute Gasteiger partial charge is 0.407 e. The first-order valence-electron chi connectivity index (χ1n) is 23.2. The van der Waals surface area contributed by atoms with E-state index in [9.17, 15) is 19.2 Å². The number of methoxy groups -OCH3 is 3. The van der Waals surface area contributed by atoms with Gasteiger partial charge in [-0.3, -0.25) is 24.1 Å². The van der Waals surface area contributed by atoms with Crippen molar-refractivity contribution in [2.45, 2.75) is 103 Å². The summed E-state index contributed by atoms with van der Waals surface area (Å²) in [6, 6.07) is 9.67. The summed E-state index contributed by atoms with van der Waals surface area (Å²) in [6.07, 6.45) is 7.55. The number of likely N-dealkylation sites (tertiary alicyclic amines) is 2. The van der Waals surface area contributed by atoms with Gasteiger partial charge in [0, 0.05) is 68.4 Å². The van der Waals surface area contributed by atoms with Crippen molar-refractivity contribution in [3.63, 3.8) is 0 Å². The lowest BCUT2D eigenvalue weighted by molar-refractivity contribution is -0.134. The maximum Gasteiger partial charge on any atom is 0.407 e. The number of aromatic nitrogens is 2. The summed E-state index contributed by atoms with van der Waals surface area (Å²) >= 11 is 1.47. The third-order valence-electron chi connectivity index (χ3n) is 13.6. The first kappa shape index (κ1) is 46.7. The molecule has 7 heterocycles. The van der Waals surface area contributed by atoms with Crippen LogP contribution in [0.2, 0.25) is 0 Å². The Hall–Kier alpha value is -6.40. The molecule has 5 atom stereocenters. The number of carbonyl (C=O) groups excluding carboxylic acids is 4. The minimum atomic E-state index is -0.750. The van der Waals surface area contributed by atoms with E-state index in [1.807, 2.05) is 67.6 Å². The van der Waals surface area contributed by atoms with Crippen LogP contribution in [-0.2, 0) is 30.4 Å². The summed E-state index contributed by atoms with van der Waals surface area (Å²) in [4.78, 5) is 70.6. The maximum atomic E-state index is 16.9. The lowest BCUT2D eigenvalue weighted by Crippen LogP contribution is -2.53. The minimum absolute atomic E-state index is 0.137. The highest BCUT2D eigenvalue weighted by Crippen LogP contribution is 2.48. The number of hydrogen-bond acceptors (Lipinski definition) is 12. The third-order valence-corrected chi connectivity index (χ3v) is 14.6. The zero-order valence-corrected chi connectivity index (χ0v) is 40.2. The molecular weight excluding hydrogens is 892 g/mol. The fourth-order valence-corrected chi connectivity index (χ4v) is 11.1. The van der Waals surface area contributed by atoms with Crippen molar-refractivity contribution >= 4 is 68.8 Å². The second kappa shape index (κ2) is 19.3. The number of rotatable bonds is 13. The Balaban J connectivity index is 0.978. The van der Waals surface area contributed by atoms with E-state index < -0.39 is 36.3 Å². The van der Waals surface area contributed by atoms with E-state index in [0.717, 1.165) is 74.6 Å². The lowest BCUT2D eigenvalue weighted by atomic mass is 9.95. The highest BCUT2D eigenvalue weighted by Gasteiger charge is 2.41. The number of nitrogens with zero attached hydrogens (tertiary/aromatic N) is 6. The van der Waals surface area contributed by atoms with Crippen LogP contribution in [0.15, 0.2) is 65.0 Å². The van der Waals surface area contributed by atoms with Gasteiger partial charge >= 0.3 is 12.2 Å². The quantitative estimate of drug-likeness (QED) is 0.134. The van der Waals surface area contributed by atoms with Crippen LogP contribution < -0.4 is 15.4 Å². The van der Waals surface area contributed by atoms with E-state index in [1.165, 1.54) is 31.6 Å². The minimum Gasteiger partial charge on any atom is -0.464 e. The van der Waals surface area contributed by atoms with Gasteiger partial charge < -0.3 is 39.4 Å². The molecule has 68 heavy (non-hydrogen) atoms. The van der Waals surface area contributed by atoms with E-state index in [1.54, 1.807) is 24.4 Å². The summed E-state index contributed by atoms with van der Waals surface area (Å²) in [7, 11) is 4.18. The molecule has 1 unspecified atom stereocenters. The summed E-state index contributed by atoms with van der Waals surface area (Å²) in [6.45, 7) is 9.01. The Kier molecular flexibility index (Phi) is 13.3. The molecule has 0 aliphatic carbocycles. The first-order chi connectivity index (χ1) is 32.8. The number of amides is 4. The van der Waals surface area contributed by atoms with Crippen molar-refractivity contribution in [1.29, 1.82) is 0 Å². The number of ether oxygens (including phenoxy) is 4. The summed E-state index contributed by atoms with van der Waals surface area (Å²) < 4.78 is 40.8. The number of fused-ring (bicyclic) bond motifs is 5. The van der Waals surface area contributed by atoms with Gasteiger partial charge in [-0.25, -0.2) is 19.0 Å². The Bertz CT molecular complexity index is 2790. The van der Waals surface area contributed by atoms with Crippen LogP contribution in [0, 0.1) is 17.7 Å². The van der Waals surface area contributed by atoms with E-state index in [2.05, 4.69) is 21.7 Å². The van der Waals surface area contributed by atoms with Gasteiger partial charge in [-0.1, -0.05) is 33.8 Å². The number of nitrogens with one attached hydrogen (secondary N) is 2. The zero-order valence-electron chi connectivity index (χ0n) is 39.3. The fourth-order valence-electron chi connectivity index (χ4n) is 10.1. The molecule has 4 amide bonds. The Morgan fingerprint density at radius 2 is 1.40 bits per heavy atom. The molecular formula is C50H57FN8O8S. The average molecular weight is 949 g/mol. The van der Waals surface area contributed by atoms with Gasteiger partial charge in [0.1, 0.15) is 28.7 Å². The van der Waals surface area contributed by atoms with Crippen LogP contribution in [0.3, 0.4) is 0 Å². The number of thiazole rings is 1. The van der Waals surface area contributed by atoms with E-state index >= 15 is 4.39 Å². The van der Waals surface area contributed by atoms with E-state index in [4.69, 9.17) is 28.9 Å². The summed E-state index contributed by atoms with van der Waals surface area (Å²) in [5.41, 5.74) is 6.96. The van der Waals surface area contributed by atoms with Crippen LogP contribution >= 0.6 is 11.3 Å². The molecule has 18 heteroatoms. The highest BCUT2D eigenvalue weighted by molar-refractivity contribution is 7.11. The van der Waals surface area contributed by atoms with Crippen molar-refractivity contribution in [3.05, 3.63) is 81.8 Å². The molecule has 0 saturated carbocycles. The molecule has 5 aliphatic heterocycles. The van der Waals surface area contributed by atoms with Crippen LogP contribution in [0.4, 0.5) is 14.0 Å². The van der Waals surface area contributed by atoms with Gasteiger partial charge in [0.25, 0.3) is 0 Å². The van der Waals surface area contributed by atoms with Crippen molar-refractivity contribution in [2.24, 2.45) is 21.8 Å². The predicted molar refractivity (Wildman–Crippen MR) is 257 cm³/mol. The van der Waals surface area contributed by atoms with Gasteiger partial charge in [0.05, 0.1) is 54.6 Å². The number of benzene rings is 2. The number of alkyl carbamates (subject to hydrolysis) is 2. The number of aliphatic imine (C=N–C) groups is 2. The van der Waals surface area contributed by atoms with Crippen molar-refractivity contribution in [1.82, 2.24) is 30.0 Å². The zero-order chi connectivity index (χ0) is 48.0. The van der Waals surface area contributed by atoms with Crippen molar-refractivity contribution < 1.29 is 42.5 Å². The number of hydrogen-bond donors (Lipinski definition) is 2. The van der Waals surface area contributed by atoms with Gasteiger partial charge in [-0.2, -0.15) is 0 Å². The molecule has 2 fully saturated rings. The van der Waals surface area contributed by atoms with Crippen LogP contribution in [0.25, 0.3) is 33.3 Å². The second-order valence-corrected chi connectivity index (χ2v) is 19.7. The predicted octanol–water partition coefficient (Wildman–Crippen LogP) is 8.10. The number of allylic oxidation sites excluding steroid dienone is 2. The molecule has 358 valence electrons. The SMILES string of the molecule is COCc1ncc(C2Oc3cc(C4=CN=C([C@@H]5CCCN5C(=O)[C@@H](NC(=O)OC)C(C)C)C4)cc(F)c3-c3cc4cc(C5=CN=C([C@@H]6CCCN6C(=O)[C@@H](NC(=O)OC)C(C)C)C5)ccc4n32)s1. The molecule has 2 saturated heterocycles. The Labute approximate surface area is 398 Å². The summed E-state index contributed by atoms with van der Waals surface area (Å²) in [5.74, 6) is -0.688. The summed E-state index contributed by atoms with van der Waals surface area (Å²) in [5, 5.41) is 7.09. The van der Waals surface area contributed by atoms with E-state index in [0.29, 0.717) is 55.1 Å². The highest BCUT2D eigenvalue weighted by atomic mass is 32.1. The molecule has 2 aromatic heterocycles. The van der Waals surface area contributed by atoms with Crippen LogP contribution in [0.1, 0.15) is 93.5 Å². The normalized spacial score (nSPS) is 20.6. The number of carbonyl (C=O) groups is 4. The van der Waals surface area contributed by atoms with Crippen molar-refractivity contribution in [3.8, 4) is 17.0 Å². The van der Waals surface area contributed by atoms with Crippen molar-refractivity contribution in [2.75, 3.05) is 34.4 Å². The molecule has 16 nitrogen and oxygen atoms in total. The standard InChI is InChI=1S/C50H57FN8O8S/c1-26(2)44(55-49(62)65-6)46(60)57-14-8-10-37(57)34-18-31(22-52-34)28-12-13-36-30(16-28)20-39-43-33(51)17-29(21-40(43)67-48(59(36)39)41-24-54-42(68-41)25-64-5)32-19-35(53-23-32)38-11-9-15-58(38)47(61)45(27(3)4)56-50(63)66-7/h12-13,16-17,20-24,26-27,37-38,44-45,48H,8-11,14-15,18-19,25H2,1-7H3,(H,55,62)(H,56,63)/t37-,38-,44-,45-,48?/m0/s1. The molecule has 5 aliphatic rings. The van der Waals surface area contributed by atoms with Gasteiger partial charge in [-0.05, 0) is 90.1 Å². The lowest BCUT2D eigenvalue weighted by Gasteiger charge is -2.31. The van der Waals surface area contributed by atoms with Gasteiger partial charge in [-0.15, -0.1) is 11.3 Å². The second-order valence-electron chi connectivity index (χ2n) is 18.6. The average Bonchev–Trinajstić information content (AvgIpc) is 4.19. The monoisotopic (exact) mass is 948 g/mol. The first-order valence-corrected chi connectivity index (χ1v) is 24.0. The third kappa shape index (κ3) is 8.79. The molecule has 0 bridgehead atoms. The fraction of sp³-hybridized carbons (Fsp3) is 0.460. The van der Waals surface area contributed by atoms with Gasteiger partial charge in [0.15, 0.2) is 0 Å². The molecule has 2 aromatic carbocycles. The number of halogens is 1. The molecule has 9 rings (SSSR count). The topological polar surface area (TPSA) is 178 Å². The van der Waals surface area contributed by atoms with Crippen LogP contribution in [-0.4, -0.2) is 113 Å².